The molecule has 1 aromatic heterocycles. The summed E-state index contributed by atoms with van der Waals surface area (Å²) in [6, 6.07) is -0.984. The number of hydrogen-bond acceptors (Lipinski definition) is 6. The molecule has 1 aliphatic carbocycles. The highest BCUT2D eigenvalue weighted by molar-refractivity contribution is 5.93. The predicted molar refractivity (Wildman–Crippen MR) is 109 cm³/mol. The van der Waals surface area contributed by atoms with Crippen LogP contribution >= 0.6 is 0 Å². The fourth-order valence-electron chi connectivity index (χ4n) is 4.54. The van der Waals surface area contributed by atoms with Gasteiger partial charge in [0.05, 0.1) is 24.9 Å². The Balaban J connectivity index is 1.76. The summed E-state index contributed by atoms with van der Waals surface area (Å²) < 4.78 is 63.2. The van der Waals surface area contributed by atoms with Gasteiger partial charge in [0.25, 0.3) is 5.56 Å². The van der Waals surface area contributed by atoms with E-state index < -0.39 is 36.1 Å². The molecule has 4 rings (SSSR count). The molecular formula is C20H24F4N4O4. The van der Waals surface area contributed by atoms with Gasteiger partial charge in [-0.3, -0.25) is 19.1 Å². The fraction of sp³-hybridized carbons (Fsp3) is 0.600. The zero-order valence-corrected chi connectivity index (χ0v) is 17.6. The van der Waals surface area contributed by atoms with Gasteiger partial charge in [-0.05, 0) is 32.1 Å². The third-order valence-electron chi connectivity index (χ3n) is 6.19. The van der Waals surface area contributed by atoms with Gasteiger partial charge in [-0.1, -0.05) is 0 Å². The molecule has 12 heteroatoms. The highest BCUT2D eigenvalue weighted by Crippen LogP contribution is 2.43. The molecule has 0 bridgehead atoms. The standard InChI is InChI=1S/C20H24F4N4O4/c1-9-15-13(18(29)26-19(30)28(15)11-3-4-11)17(31-2)14(21)16(9)27-6-5-10(7-27)12(25)8-32-20(22,23)24/h10-12H,3-8,25H2,1-2H3,(H,26,29,30). The van der Waals surface area contributed by atoms with Gasteiger partial charge >= 0.3 is 12.1 Å². The van der Waals surface area contributed by atoms with Crippen molar-refractivity contribution in [2.45, 2.75) is 44.6 Å². The van der Waals surface area contributed by atoms with Gasteiger partial charge in [-0.15, -0.1) is 13.2 Å². The lowest BCUT2D eigenvalue weighted by atomic mass is 10.0. The highest BCUT2D eigenvalue weighted by Gasteiger charge is 2.37. The second-order valence-electron chi connectivity index (χ2n) is 8.32. The molecule has 0 spiro atoms. The molecule has 2 fully saturated rings. The quantitative estimate of drug-likeness (QED) is 0.641. The van der Waals surface area contributed by atoms with Crippen molar-refractivity contribution >= 4 is 16.6 Å². The number of methoxy groups -OCH3 is 1. The van der Waals surface area contributed by atoms with Crippen molar-refractivity contribution < 1.29 is 27.0 Å². The van der Waals surface area contributed by atoms with Gasteiger partial charge in [-0.25, -0.2) is 9.18 Å². The summed E-state index contributed by atoms with van der Waals surface area (Å²) >= 11 is 0. The zero-order chi connectivity index (χ0) is 23.4. The number of nitrogens with zero attached hydrogens (tertiary/aromatic N) is 2. The molecule has 2 aliphatic rings. The first kappa shape index (κ1) is 22.6. The third kappa shape index (κ3) is 3.96. The summed E-state index contributed by atoms with van der Waals surface area (Å²) in [5, 5.41) is -0.0382. The largest absolute Gasteiger partial charge is 0.522 e. The smallest absolute Gasteiger partial charge is 0.493 e. The molecule has 176 valence electrons. The van der Waals surface area contributed by atoms with E-state index in [1.165, 1.54) is 11.7 Å². The summed E-state index contributed by atoms with van der Waals surface area (Å²) in [5.74, 6) is -1.39. The number of benzene rings is 1. The van der Waals surface area contributed by atoms with E-state index in [0.29, 0.717) is 24.0 Å². The topological polar surface area (TPSA) is 103 Å². The number of aromatic nitrogens is 2. The van der Waals surface area contributed by atoms with E-state index in [4.69, 9.17) is 10.5 Å². The van der Waals surface area contributed by atoms with Crippen molar-refractivity contribution in [3.63, 3.8) is 0 Å². The summed E-state index contributed by atoms with van der Waals surface area (Å²) in [6.07, 6.45) is -2.82. The van der Waals surface area contributed by atoms with E-state index in [-0.39, 0.29) is 35.3 Å². The number of aryl methyl sites for hydroxylation is 1. The van der Waals surface area contributed by atoms with E-state index in [2.05, 4.69) is 9.72 Å². The maximum absolute atomic E-state index is 15.6. The molecule has 1 aromatic carbocycles. The Kier molecular flexibility index (Phi) is 5.70. The van der Waals surface area contributed by atoms with E-state index in [9.17, 15) is 22.8 Å². The lowest BCUT2D eigenvalue weighted by Crippen LogP contribution is -2.38. The van der Waals surface area contributed by atoms with Gasteiger partial charge in [0.2, 0.25) is 0 Å². The number of nitrogens with one attached hydrogen (secondary N) is 1. The van der Waals surface area contributed by atoms with Crippen LogP contribution in [-0.4, -0.2) is 48.8 Å². The van der Waals surface area contributed by atoms with Gasteiger partial charge in [0.15, 0.2) is 11.6 Å². The Morgan fingerprint density at radius 2 is 1.94 bits per heavy atom. The Morgan fingerprint density at radius 3 is 2.53 bits per heavy atom. The number of anilines is 1. The number of hydrogen-bond donors (Lipinski definition) is 2. The lowest BCUT2D eigenvalue weighted by molar-refractivity contribution is -0.326. The monoisotopic (exact) mass is 460 g/mol. The van der Waals surface area contributed by atoms with Crippen LogP contribution in [0.25, 0.3) is 10.9 Å². The van der Waals surface area contributed by atoms with Crippen LogP contribution in [0.2, 0.25) is 0 Å². The zero-order valence-electron chi connectivity index (χ0n) is 17.6. The van der Waals surface area contributed by atoms with Gasteiger partial charge < -0.3 is 15.4 Å². The number of nitrogens with two attached hydrogens (primary N) is 1. The van der Waals surface area contributed by atoms with Crippen LogP contribution in [0.15, 0.2) is 9.59 Å². The number of fused-ring (bicyclic) bond motifs is 1. The molecule has 2 unspecified atom stereocenters. The fourth-order valence-corrected chi connectivity index (χ4v) is 4.54. The normalized spacial score (nSPS) is 20.2. The Bertz CT molecular complexity index is 1160. The molecule has 32 heavy (non-hydrogen) atoms. The third-order valence-corrected chi connectivity index (χ3v) is 6.19. The Labute approximate surface area is 179 Å². The van der Waals surface area contributed by atoms with Crippen molar-refractivity contribution in [3.8, 4) is 5.75 Å². The van der Waals surface area contributed by atoms with Crippen molar-refractivity contribution in [1.82, 2.24) is 9.55 Å². The van der Waals surface area contributed by atoms with Crippen LogP contribution in [0, 0.1) is 18.7 Å². The first-order valence-electron chi connectivity index (χ1n) is 10.3. The number of ether oxygens (including phenoxy) is 2. The van der Waals surface area contributed by atoms with Gasteiger partial charge in [-0.2, -0.15) is 0 Å². The average molecular weight is 460 g/mol. The SMILES string of the molecule is COc1c(F)c(N2CCC(C(N)COC(F)(F)F)C2)c(C)c2c1c(=O)[nH]c(=O)n2C1CC1. The molecule has 8 nitrogen and oxygen atoms in total. The number of H-pyrrole nitrogens is 1. The molecule has 2 aromatic rings. The Morgan fingerprint density at radius 1 is 1.25 bits per heavy atom. The van der Waals surface area contributed by atoms with Crippen molar-refractivity contribution in [2.24, 2.45) is 11.7 Å². The van der Waals surface area contributed by atoms with E-state index in [0.717, 1.165) is 12.8 Å². The van der Waals surface area contributed by atoms with Crippen molar-refractivity contribution in [3.05, 3.63) is 32.2 Å². The first-order valence-corrected chi connectivity index (χ1v) is 10.3. The van der Waals surface area contributed by atoms with Crippen LogP contribution in [0.5, 0.6) is 5.75 Å². The van der Waals surface area contributed by atoms with Crippen LogP contribution in [0.4, 0.5) is 23.2 Å². The van der Waals surface area contributed by atoms with Gasteiger partial charge in [0.1, 0.15) is 5.39 Å². The molecule has 2 atom stereocenters. The second kappa shape index (κ2) is 8.07. The number of halogens is 4. The summed E-state index contributed by atoms with van der Waals surface area (Å²) in [7, 11) is 1.24. The average Bonchev–Trinajstić information content (AvgIpc) is 3.43. The number of aromatic amines is 1. The lowest BCUT2D eigenvalue weighted by Gasteiger charge is -2.26. The van der Waals surface area contributed by atoms with Crippen LogP contribution in [0.1, 0.15) is 30.9 Å². The molecular weight excluding hydrogens is 436 g/mol. The molecule has 2 heterocycles. The minimum absolute atomic E-state index is 0.0382. The minimum Gasteiger partial charge on any atom is -0.493 e. The van der Waals surface area contributed by atoms with Crippen LogP contribution in [-0.2, 0) is 4.74 Å². The molecule has 3 N–H and O–H groups in total. The maximum Gasteiger partial charge on any atom is 0.522 e. The van der Waals surface area contributed by atoms with E-state index in [1.54, 1.807) is 11.8 Å². The van der Waals surface area contributed by atoms with Crippen LogP contribution in [0.3, 0.4) is 0 Å². The molecule has 1 aliphatic heterocycles. The van der Waals surface area contributed by atoms with E-state index >= 15 is 4.39 Å². The summed E-state index contributed by atoms with van der Waals surface area (Å²) in [4.78, 5) is 29.0. The molecule has 0 radical (unpaired) electrons. The first-order chi connectivity index (χ1) is 15.0. The number of rotatable bonds is 6. The number of alkyl halides is 3. The Hall–Kier alpha value is -2.60. The van der Waals surface area contributed by atoms with Crippen LogP contribution < -0.4 is 26.6 Å². The van der Waals surface area contributed by atoms with Crippen molar-refractivity contribution in [1.29, 1.82) is 0 Å². The molecule has 0 amide bonds. The highest BCUT2D eigenvalue weighted by atomic mass is 19.4. The summed E-state index contributed by atoms with van der Waals surface area (Å²) in [5.41, 5.74) is 5.45. The molecule has 1 saturated carbocycles. The minimum atomic E-state index is -4.77. The second-order valence-corrected chi connectivity index (χ2v) is 8.32. The molecule has 1 saturated heterocycles. The predicted octanol–water partition coefficient (Wildman–Crippen LogP) is 2.17. The van der Waals surface area contributed by atoms with Gasteiger partial charge in [0, 0.05) is 30.7 Å². The summed E-state index contributed by atoms with van der Waals surface area (Å²) in [6.45, 7) is 1.47. The van der Waals surface area contributed by atoms with E-state index in [1.807, 2.05) is 0 Å². The van der Waals surface area contributed by atoms with Crippen molar-refractivity contribution in [2.75, 3.05) is 31.7 Å². The maximum atomic E-state index is 15.6.